The van der Waals surface area contributed by atoms with E-state index in [1.165, 1.54) is 0 Å². The SMILES string of the molecule is CCCCc1nnc2/c(=C\c3cc(Cl)c([O-])c(Cl)c3)c(C)nn12. The first-order valence-electron chi connectivity index (χ1n) is 7.39. The van der Waals surface area contributed by atoms with Crippen LogP contribution in [0.25, 0.3) is 11.7 Å². The number of hydrogen-bond donors (Lipinski definition) is 0. The third-order valence-corrected chi connectivity index (χ3v) is 4.23. The molecule has 0 aliphatic carbocycles. The molecule has 5 nitrogen and oxygen atoms in total. The molecule has 0 unspecified atom stereocenters. The molecule has 0 fully saturated rings. The first kappa shape index (κ1) is 16.0. The Labute approximate surface area is 143 Å². The van der Waals surface area contributed by atoms with Crippen LogP contribution in [-0.2, 0) is 6.42 Å². The topological polar surface area (TPSA) is 66.1 Å². The summed E-state index contributed by atoms with van der Waals surface area (Å²) < 4.78 is 1.78. The fourth-order valence-corrected chi connectivity index (χ4v) is 2.94. The van der Waals surface area contributed by atoms with Crippen molar-refractivity contribution in [3.63, 3.8) is 0 Å². The van der Waals surface area contributed by atoms with E-state index in [0.717, 1.165) is 41.6 Å². The van der Waals surface area contributed by atoms with E-state index in [1.807, 2.05) is 13.0 Å². The summed E-state index contributed by atoms with van der Waals surface area (Å²) in [5.74, 6) is 0.493. The average molecular weight is 350 g/mol. The highest BCUT2D eigenvalue weighted by molar-refractivity contribution is 6.37. The molecule has 0 atom stereocenters. The van der Waals surface area contributed by atoms with E-state index >= 15 is 0 Å². The zero-order valence-corrected chi connectivity index (χ0v) is 14.3. The van der Waals surface area contributed by atoms with Gasteiger partial charge in [0.1, 0.15) is 0 Å². The third-order valence-electron chi connectivity index (χ3n) is 3.67. The molecule has 0 amide bonds. The largest absolute Gasteiger partial charge is 0.870 e. The Hall–Kier alpha value is -1.85. The molecule has 120 valence electrons. The quantitative estimate of drug-likeness (QED) is 0.726. The van der Waals surface area contributed by atoms with E-state index in [0.29, 0.717) is 5.65 Å². The molecule has 3 rings (SSSR count). The molecular formula is C16H15Cl2N4O-. The van der Waals surface area contributed by atoms with Crippen molar-refractivity contribution in [2.75, 3.05) is 0 Å². The Morgan fingerprint density at radius 3 is 2.57 bits per heavy atom. The van der Waals surface area contributed by atoms with Gasteiger partial charge in [-0.1, -0.05) is 42.3 Å². The summed E-state index contributed by atoms with van der Waals surface area (Å²) >= 11 is 11.8. The van der Waals surface area contributed by atoms with Crippen molar-refractivity contribution in [3.05, 3.63) is 44.5 Å². The minimum Gasteiger partial charge on any atom is -0.870 e. The molecule has 0 saturated heterocycles. The van der Waals surface area contributed by atoms with Gasteiger partial charge in [-0.15, -0.1) is 10.2 Å². The van der Waals surface area contributed by atoms with E-state index < -0.39 is 0 Å². The second-order valence-corrected chi connectivity index (χ2v) is 6.23. The van der Waals surface area contributed by atoms with Crippen LogP contribution in [0.5, 0.6) is 5.75 Å². The molecule has 0 bridgehead atoms. The number of hydrogen-bond acceptors (Lipinski definition) is 4. The molecule has 0 N–H and O–H groups in total. The van der Waals surface area contributed by atoms with Gasteiger partial charge in [0.2, 0.25) is 0 Å². The molecule has 0 radical (unpaired) electrons. The summed E-state index contributed by atoms with van der Waals surface area (Å²) in [7, 11) is 0. The first-order chi connectivity index (χ1) is 11.0. The summed E-state index contributed by atoms with van der Waals surface area (Å²) in [6, 6.07) is 3.18. The van der Waals surface area contributed by atoms with Crippen LogP contribution in [0.1, 0.15) is 36.8 Å². The van der Waals surface area contributed by atoms with Gasteiger partial charge in [-0.2, -0.15) is 9.61 Å². The average Bonchev–Trinajstić information content (AvgIpc) is 3.03. The van der Waals surface area contributed by atoms with Crippen LogP contribution in [0.3, 0.4) is 0 Å². The summed E-state index contributed by atoms with van der Waals surface area (Å²) in [5, 5.41) is 25.6. The number of benzene rings is 1. The molecule has 7 heteroatoms. The number of fused-ring (bicyclic) bond motifs is 1. The molecule has 0 aliphatic heterocycles. The van der Waals surface area contributed by atoms with Crippen molar-refractivity contribution in [2.45, 2.75) is 33.1 Å². The number of nitrogens with zero attached hydrogens (tertiary/aromatic N) is 4. The molecule has 0 aliphatic rings. The Kier molecular flexibility index (Phi) is 4.41. The Balaban J connectivity index is 2.12. The van der Waals surface area contributed by atoms with Crippen LogP contribution < -0.4 is 10.3 Å². The fourth-order valence-electron chi connectivity index (χ4n) is 2.44. The lowest BCUT2D eigenvalue weighted by molar-refractivity contribution is -0.268. The summed E-state index contributed by atoms with van der Waals surface area (Å²) in [6.07, 6.45) is 4.84. The van der Waals surface area contributed by atoms with E-state index in [-0.39, 0.29) is 15.8 Å². The monoisotopic (exact) mass is 349 g/mol. The Morgan fingerprint density at radius 1 is 1.22 bits per heavy atom. The summed E-state index contributed by atoms with van der Waals surface area (Å²) in [4.78, 5) is 0. The van der Waals surface area contributed by atoms with Gasteiger partial charge in [-0.05, 0) is 37.1 Å². The van der Waals surface area contributed by atoms with Gasteiger partial charge in [-0.3, -0.25) is 0 Å². The molecule has 2 heterocycles. The maximum Gasteiger partial charge on any atom is 0.186 e. The maximum atomic E-state index is 11.6. The van der Waals surface area contributed by atoms with Gasteiger partial charge < -0.3 is 5.11 Å². The molecule has 2 aromatic heterocycles. The molecule has 0 spiro atoms. The second-order valence-electron chi connectivity index (χ2n) is 5.41. The first-order valence-corrected chi connectivity index (χ1v) is 8.15. The van der Waals surface area contributed by atoms with E-state index in [9.17, 15) is 5.11 Å². The molecule has 23 heavy (non-hydrogen) atoms. The van der Waals surface area contributed by atoms with Crippen LogP contribution in [0, 0.1) is 6.92 Å². The van der Waals surface area contributed by atoms with Crippen molar-refractivity contribution < 1.29 is 5.11 Å². The van der Waals surface area contributed by atoms with E-state index in [2.05, 4.69) is 22.2 Å². The van der Waals surface area contributed by atoms with Crippen LogP contribution in [0.4, 0.5) is 0 Å². The highest BCUT2D eigenvalue weighted by atomic mass is 35.5. The van der Waals surface area contributed by atoms with Crippen LogP contribution in [0.2, 0.25) is 10.0 Å². The van der Waals surface area contributed by atoms with E-state index in [4.69, 9.17) is 23.2 Å². The van der Waals surface area contributed by atoms with Crippen molar-refractivity contribution in [1.82, 2.24) is 19.8 Å². The van der Waals surface area contributed by atoms with Crippen LogP contribution >= 0.6 is 23.2 Å². The molecular weight excluding hydrogens is 335 g/mol. The Bertz CT molecular complexity index is 897. The van der Waals surface area contributed by atoms with Crippen molar-refractivity contribution >= 4 is 34.9 Å². The lowest BCUT2D eigenvalue weighted by Crippen LogP contribution is -2.04. The van der Waals surface area contributed by atoms with Gasteiger partial charge in [0.05, 0.1) is 5.69 Å². The van der Waals surface area contributed by atoms with Crippen molar-refractivity contribution in [1.29, 1.82) is 0 Å². The zero-order valence-electron chi connectivity index (χ0n) is 12.8. The number of halogens is 2. The normalized spacial score (nSPS) is 12.4. The number of rotatable bonds is 4. The Morgan fingerprint density at radius 2 is 1.91 bits per heavy atom. The standard InChI is InChI=1S/C16H16Cl2N4O/c1-3-4-5-14-19-20-16-11(9(2)21-22(14)16)6-10-7-12(17)15(23)13(18)8-10/h6-8,23H,3-5H2,1-2H3/p-1/b11-6-. The minimum atomic E-state index is -0.364. The highest BCUT2D eigenvalue weighted by Gasteiger charge is 2.11. The summed E-state index contributed by atoms with van der Waals surface area (Å²) in [6.45, 7) is 4.05. The van der Waals surface area contributed by atoms with Crippen molar-refractivity contribution in [3.8, 4) is 5.75 Å². The smallest absolute Gasteiger partial charge is 0.186 e. The molecule has 1 aromatic carbocycles. The maximum absolute atomic E-state index is 11.6. The highest BCUT2D eigenvalue weighted by Crippen LogP contribution is 2.30. The van der Waals surface area contributed by atoms with Crippen molar-refractivity contribution in [2.24, 2.45) is 0 Å². The number of aryl methyl sites for hydroxylation is 2. The lowest BCUT2D eigenvalue weighted by Gasteiger charge is -2.11. The van der Waals surface area contributed by atoms with Crippen LogP contribution in [-0.4, -0.2) is 19.8 Å². The van der Waals surface area contributed by atoms with Gasteiger partial charge in [0.25, 0.3) is 0 Å². The number of aromatic nitrogens is 4. The third kappa shape index (κ3) is 2.99. The number of unbranched alkanes of at least 4 members (excludes halogenated alkanes) is 1. The minimum absolute atomic E-state index is 0.0991. The molecule has 0 saturated carbocycles. The van der Waals surface area contributed by atoms with Gasteiger partial charge in [0.15, 0.2) is 11.5 Å². The van der Waals surface area contributed by atoms with Gasteiger partial charge in [-0.25, -0.2) is 0 Å². The zero-order chi connectivity index (χ0) is 16.6. The van der Waals surface area contributed by atoms with Gasteiger partial charge >= 0.3 is 0 Å². The van der Waals surface area contributed by atoms with Crippen LogP contribution in [0.15, 0.2) is 12.1 Å². The lowest BCUT2D eigenvalue weighted by atomic mass is 10.1. The molecule has 3 aromatic rings. The second kappa shape index (κ2) is 6.34. The fraction of sp³-hybridized carbons (Fsp3) is 0.312. The van der Waals surface area contributed by atoms with Gasteiger partial charge in [0, 0.05) is 21.7 Å². The summed E-state index contributed by atoms with van der Waals surface area (Å²) in [5.41, 5.74) is 2.27. The predicted molar refractivity (Wildman–Crippen MR) is 88.8 cm³/mol. The predicted octanol–water partition coefficient (Wildman–Crippen LogP) is 2.70. The van der Waals surface area contributed by atoms with E-state index in [1.54, 1.807) is 16.6 Å².